The lowest BCUT2D eigenvalue weighted by atomic mass is 10.1. The van der Waals surface area contributed by atoms with Crippen LogP contribution in [-0.4, -0.2) is 12.6 Å². The second-order valence-corrected chi connectivity index (χ2v) is 11.4. The number of carbonyl (C=O) groups is 1. The van der Waals surface area contributed by atoms with Crippen LogP contribution in [0.5, 0.6) is 5.75 Å². The van der Waals surface area contributed by atoms with Gasteiger partial charge in [-0.3, -0.25) is 0 Å². The third-order valence-corrected chi connectivity index (χ3v) is 7.98. The number of aryl methyl sites for hydroxylation is 1. The molecule has 0 atom stereocenters. The highest BCUT2D eigenvalue weighted by molar-refractivity contribution is 7.07. The van der Waals surface area contributed by atoms with Crippen LogP contribution in [0.3, 0.4) is 0 Å². The summed E-state index contributed by atoms with van der Waals surface area (Å²) >= 11 is 7.90. The molecule has 0 aliphatic rings. The number of ether oxygens (including phenoxy) is 1. The highest BCUT2D eigenvalue weighted by Gasteiger charge is 2.11. The predicted octanol–water partition coefficient (Wildman–Crippen LogP) is 6.77. The number of hydrogen-bond donors (Lipinski definition) is 2. The van der Waals surface area contributed by atoms with Gasteiger partial charge in [0.1, 0.15) is 5.75 Å². The number of aromatic nitrogens is 1. The van der Waals surface area contributed by atoms with Crippen molar-refractivity contribution in [1.82, 2.24) is 0 Å². The van der Waals surface area contributed by atoms with E-state index in [4.69, 9.17) is 16.3 Å². The molecular weight excluding hydrogens is 606 g/mol. The van der Waals surface area contributed by atoms with Crippen molar-refractivity contribution in [2.45, 2.75) is 97.4 Å². The summed E-state index contributed by atoms with van der Waals surface area (Å²) in [6, 6.07) is 12.9. The number of halogens is 2. The Bertz CT molecular complexity index is 1120. The Labute approximate surface area is 260 Å². The van der Waals surface area contributed by atoms with Crippen LogP contribution in [0.25, 0.3) is 0 Å². The zero-order chi connectivity index (χ0) is 27.7. The van der Waals surface area contributed by atoms with Crippen molar-refractivity contribution in [3.63, 3.8) is 0 Å². The van der Waals surface area contributed by atoms with E-state index in [1.54, 1.807) is 29.5 Å². The molecule has 0 bridgehead atoms. The number of amides is 2. The van der Waals surface area contributed by atoms with Gasteiger partial charge in [0.15, 0.2) is 12.2 Å². The Morgan fingerprint density at radius 1 is 0.875 bits per heavy atom. The van der Waals surface area contributed by atoms with Crippen molar-refractivity contribution in [2.24, 2.45) is 0 Å². The standard InChI is InChI=1S/C32H44ClN3O2S.BrH/c1-3-4-5-6-7-8-9-10-11-12-13-14-21-38-31-22-28(33)17-20-30(31)35-32(37)34-29-18-15-27(16-19-29)23-36-25-39-24-26(36)2;/h15-20,22,24-25H,3-14,21,23H2,1-2H3,(H-,34,35,37);1H. The van der Waals surface area contributed by atoms with Crippen molar-refractivity contribution < 1.29 is 31.1 Å². The predicted molar refractivity (Wildman–Crippen MR) is 165 cm³/mol. The van der Waals surface area contributed by atoms with E-state index in [9.17, 15) is 4.79 Å². The highest BCUT2D eigenvalue weighted by Crippen LogP contribution is 2.29. The van der Waals surface area contributed by atoms with Gasteiger partial charge < -0.3 is 32.4 Å². The van der Waals surface area contributed by atoms with Gasteiger partial charge in [0, 0.05) is 29.3 Å². The van der Waals surface area contributed by atoms with E-state index in [-0.39, 0.29) is 23.0 Å². The zero-order valence-electron chi connectivity index (χ0n) is 24.0. The summed E-state index contributed by atoms with van der Waals surface area (Å²) in [4.78, 5) is 12.7. The van der Waals surface area contributed by atoms with E-state index >= 15 is 0 Å². The van der Waals surface area contributed by atoms with Gasteiger partial charge in [0.25, 0.3) is 0 Å². The van der Waals surface area contributed by atoms with Crippen LogP contribution < -0.4 is 36.9 Å². The normalized spacial score (nSPS) is 10.7. The van der Waals surface area contributed by atoms with E-state index in [0.717, 1.165) is 25.1 Å². The number of nitrogens with zero attached hydrogens (tertiary/aromatic N) is 1. The van der Waals surface area contributed by atoms with E-state index in [1.807, 2.05) is 24.3 Å². The Morgan fingerprint density at radius 2 is 1.50 bits per heavy atom. The van der Waals surface area contributed by atoms with Crippen molar-refractivity contribution in [2.75, 3.05) is 17.2 Å². The molecule has 0 saturated heterocycles. The van der Waals surface area contributed by atoms with Crippen LogP contribution in [0.15, 0.2) is 53.4 Å². The van der Waals surface area contributed by atoms with Gasteiger partial charge in [-0.15, -0.1) is 0 Å². The van der Waals surface area contributed by atoms with Gasteiger partial charge in [0.05, 0.1) is 17.7 Å². The fraction of sp³-hybridized carbons (Fsp3) is 0.500. The number of anilines is 2. The largest absolute Gasteiger partial charge is 1.00 e. The maximum Gasteiger partial charge on any atom is 0.323 e. The van der Waals surface area contributed by atoms with Crippen LogP contribution in [0, 0.1) is 6.92 Å². The van der Waals surface area contributed by atoms with E-state index < -0.39 is 0 Å². The van der Waals surface area contributed by atoms with Gasteiger partial charge in [-0.05, 0) is 30.7 Å². The van der Waals surface area contributed by atoms with Crippen molar-refractivity contribution in [3.8, 4) is 5.75 Å². The second-order valence-electron chi connectivity index (χ2n) is 10.3. The van der Waals surface area contributed by atoms with Crippen LogP contribution >= 0.6 is 22.9 Å². The Balaban J connectivity index is 0.00000560. The lowest BCUT2D eigenvalue weighted by molar-refractivity contribution is -0.689. The first-order valence-electron chi connectivity index (χ1n) is 14.6. The van der Waals surface area contributed by atoms with Crippen molar-refractivity contribution >= 4 is 40.3 Å². The molecule has 2 aromatic carbocycles. The lowest BCUT2D eigenvalue weighted by Crippen LogP contribution is -3.00. The average molecular weight is 651 g/mol. The lowest BCUT2D eigenvalue weighted by Gasteiger charge is -2.14. The molecule has 8 heteroatoms. The van der Waals surface area contributed by atoms with Crippen LogP contribution in [0.1, 0.15) is 95.2 Å². The summed E-state index contributed by atoms with van der Waals surface area (Å²) < 4.78 is 8.22. The van der Waals surface area contributed by atoms with Gasteiger partial charge in [0.2, 0.25) is 5.51 Å². The molecule has 0 spiro atoms. The quantitative estimate of drug-likeness (QED) is 0.118. The molecule has 3 rings (SSSR count). The molecule has 0 unspecified atom stereocenters. The Hall–Kier alpha value is -2.09. The summed E-state index contributed by atoms with van der Waals surface area (Å²) in [7, 11) is 0. The maximum absolute atomic E-state index is 12.7. The highest BCUT2D eigenvalue weighted by atomic mass is 79.9. The topological polar surface area (TPSA) is 54.2 Å². The second kappa shape index (κ2) is 19.9. The Kier molecular flexibility index (Phi) is 17.0. The summed E-state index contributed by atoms with van der Waals surface area (Å²) in [6.07, 6.45) is 15.6. The molecule has 0 aliphatic heterocycles. The molecular formula is C32H45BrClN3O2S. The minimum atomic E-state index is -0.316. The first-order chi connectivity index (χ1) is 19.0. The molecule has 2 N–H and O–H groups in total. The summed E-state index contributed by atoms with van der Waals surface area (Å²) in [5.74, 6) is 0.597. The minimum Gasteiger partial charge on any atom is -1.00 e. The molecule has 3 aromatic rings. The number of carbonyl (C=O) groups excluding carboxylic acids is 1. The first-order valence-corrected chi connectivity index (χ1v) is 15.9. The summed E-state index contributed by atoms with van der Waals surface area (Å²) in [5, 5.41) is 8.52. The molecule has 0 fully saturated rings. The molecule has 2 amide bonds. The van der Waals surface area contributed by atoms with Gasteiger partial charge in [-0.2, -0.15) is 4.57 Å². The molecule has 5 nitrogen and oxygen atoms in total. The first kappa shape index (κ1) is 34.1. The number of urea groups is 1. The van der Waals surface area contributed by atoms with E-state index in [0.29, 0.717) is 23.1 Å². The smallest absolute Gasteiger partial charge is 0.323 e. The number of nitrogens with one attached hydrogen (secondary N) is 2. The van der Waals surface area contributed by atoms with Gasteiger partial charge >= 0.3 is 6.03 Å². The number of benzene rings is 2. The minimum absolute atomic E-state index is 0. The summed E-state index contributed by atoms with van der Waals surface area (Å²) in [5.41, 5.74) is 5.87. The number of unbranched alkanes of at least 4 members (excludes halogenated alkanes) is 11. The number of thiazole rings is 1. The van der Waals surface area contributed by atoms with Gasteiger partial charge in [-0.25, -0.2) is 4.79 Å². The molecule has 220 valence electrons. The van der Waals surface area contributed by atoms with Gasteiger partial charge in [-0.1, -0.05) is 113 Å². The Morgan fingerprint density at radius 3 is 2.10 bits per heavy atom. The average Bonchev–Trinajstić information content (AvgIpc) is 3.33. The van der Waals surface area contributed by atoms with Crippen LogP contribution in [-0.2, 0) is 6.54 Å². The fourth-order valence-corrected chi connectivity index (χ4v) is 5.48. The molecule has 0 saturated carbocycles. The summed E-state index contributed by atoms with van der Waals surface area (Å²) in [6.45, 7) is 5.79. The number of hydrogen-bond acceptors (Lipinski definition) is 3. The SMILES string of the molecule is CCCCCCCCCCCCCCOc1cc(Cl)ccc1NC(=O)Nc1ccc(C[n+]2cscc2C)cc1.[Br-]. The molecule has 0 radical (unpaired) electrons. The molecule has 40 heavy (non-hydrogen) atoms. The van der Waals surface area contributed by atoms with Crippen LogP contribution in [0.4, 0.5) is 16.2 Å². The fourth-order valence-electron chi connectivity index (χ4n) is 4.53. The monoisotopic (exact) mass is 649 g/mol. The van der Waals surface area contributed by atoms with E-state index in [2.05, 4.69) is 39.9 Å². The third kappa shape index (κ3) is 13.0. The maximum atomic E-state index is 12.7. The zero-order valence-corrected chi connectivity index (χ0v) is 27.2. The van der Waals surface area contributed by atoms with Crippen molar-refractivity contribution in [3.05, 3.63) is 69.6 Å². The third-order valence-electron chi connectivity index (χ3n) is 6.89. The number of rotatable bonds is 18. The van der Waals surface area contributed by atoms with Crippen LogP contribution in [0.2, 0.25) is 5.02 Å². The van der Waals surface area contributed by atoms with E-state index in [1.165, 1.54) is 75.5 Å². The molecule has 1 heterocycles. The molecule has 0 aliphatic carbocycles. The molecule has 1 aromatic heterocycles. The van der Waals surface area contributed by atoms with Crippen molar-refractivity contribution in [1.29, 1.82) is 0 Å².